The monoisotopic (exact) mass is 398 g/mol. The van der Waals surface area contributed by atoms with Gasteiger partial charge in [-0.1, -0.05) is 37.3 Å². The fourth-order valence-electron chi connectivity index (χ4n) is 3.56. The summed E-state index contributed by atoms with van der Waals surface area (Å²) in [5, 5.41) is 9.43. The average Bonchev–Trinajstić information content (AvgIpc) is 2.74. The largest absolute Gasteiger partial charge is 0.376 e. The molecule has 0 radical (unpaired) electrons. The van der Waals surface area contributed by atoms with Crippen LogP contribution in [-0.4, -0.2) is 49.7 Å². The van der Waals surface area contributed by atoms with Gasteiger partial charge in [-0.3, -0.25) is 9.59 Å². The first-order chi connectivity index (χ1) is 13.9. The highest BCUT2D eigenvalue weighted by Crippen LogP contribution is 2.29. The number of rotatable bonds is 7. The molecule has 1 saturated heterocycles. The normalized spacial score (nSPS) is 25.2. The number of hydrogen-bond donors (Lipinski definition) is 4. The van der Waals surface area contributed by atoms with Gasteiger partial charge in [0.2, 0.25) is 5.91 Å². The second-order valence-electron chi connectivity index (χ2n) is 7.76. The number of primary amides is 1. The van der Waals surface area contributed by atoms with Crippen molar-refractivity contribution in [1.82, 2.24) is 16.0 Å². The van der Waals surface area contributed by atoms with Crippen molar-refractivity contribution >= 4 is 11.8 Å². The van der Waals surface area contributed by atoms with Gasteiger partial charge in [-0.15, -0.1) is 0 Å². The first-order valence-corrected chi connectivity index (χ1v) is 10.1. The van der Waals surface area contributed by atoms with Crippen LogP contribution in [0.4, 0.5) is 0 Å². The van der Waals surface area contributed by atoms with Gasteiger partial charge in [0, 0.05) is 36.8 Å². The number of nitrogens with one attached hydrogen (secondary N) is 3. The Labute approximate surface area is 171 Å². The number of ether oxygens (including phenoxy) is 1. The molecule has 0 saturated carbocycles. The summed E-state index contributed by atoms with van der Waals surface area (Å²) in [6.45, 7) is 6.57. The number of dihydropyridines is 1. The zero-order valence-electron chi connectivity index (χ0n) is 17.0. The minimum Gasteiger partial charge on any atom is -0.376 e. The molecule has 7 heteroatoms. The zero-order valence-corrected chi connectivity index (χ0v) is 17.0. The summed E-state index contributed by atoms with van der Waals surface area (Å²) >= 11 is 0. The molecule has 3 atom stereocenters. The van der Waals surface area contributed by atoms with Crippen molar-refractivity contribution in [2.45, 2.75) is 37.8 Å². The van der Waals surface area contributed by atoms with Gasteiger partial charge in [0.1, 0.15) is 5.54 Å². The summed E-state index contributed by atoms with van der Waals surface area (Å²) in [5.74, 6) is -0.774. The summed E-state index contributed by atoms with van der Waals surface area (Å²) in [4.78, 5) is 24.9. The first kappa shape index (κ1) is 21.1. The smallest absolute Gasteiger partial charge is 0.251 e. The maximum absolute atomic E-state index is 12.8. The molecule has 29 heavy (non-hydrogen) atoms. The lowest BCUT2D eigenvalue weighted by Gasteiger charge is -2.33. The van der Waals surface area contributed by atoms with Crippen LogP contribution in [-0.2, 0) is 14.3 Å². The predicted molar refractivity (Wildman–Crippen MR) is 112 cm³/mol. The molecule has 0 bridgehead atoms. The third-order valence-electron chi connectivity index (χ3n) is 5.46. The lowest BCUT2D eigenvalue weighted by molar-refractivity contribution is -0.122. The molecule has 0 aliphatic carbocycles. The van der Waals surface area contributed by atoms with E-state index in [1.165, 1.54) is 0 Å². The summed E-state index contributed by atoms with van der Waals surface area (Å²) < 4.78 is 5.66. The van der Waals surface area contributed by atoms with Crippen molar-refractivity contribution < 1.29 is 14.3 Å². The molecule has 2 amide bonds. The number of nitrogens with two attached hydrogens (primary N) is 1. The lowest BCUT2D eigenvalue weighted by Crippen LogP contribution is -2.53. The minimum atomic E-state index is -1.13. The molecule has 2 aliphatic rings. The van der Waals surface area contributed by atoms with E-state index in [9.17, 15) is 9.59 Å². The van der Waals surface area contributed by atoms with Gasteiger partial charge < -0.3 is 26.4 Å². The van der Waals surface area contributed by atoms with E-state index in [1.807, 2.05) is 37.3 Å². The van der Waals surface area contributed by atoms with Crippen LogP contribution in [0.15, 0.2) is 53.8 Å². The Balaban J connectivity index is 1.73. The Kier molecular flexibility index (Phi) is 6.71. The molecule has 156 valence electrons. The molecule has 5 N–H and O–H groups in total. The van der Waals surface area contributed by atoms with Crippen LogP contribution in [0.3, 0.4) is 0 Å². The van der Waals surface area contributed by atoms with Gasteiger partial charge in [0.25, 0.3) is 5.91 Å². The Bertz CT molecular complexity index is 800. The summed E-state index contributed by atoms with van der Waals surface area (Å²) in [6, 6.07) is 9.93. The third-order valence-corrected chi connectivity index (χ3v) is 5.46. The SMILES string of the molecule is CC(C1=CC(C(=O)NCCC2CNCCO2)=CC(C)(C(N)=O)N1)c1ccccc1. The fraction of sp³-hybridized carbons (Fsp3) is 0.455. The fourth-order valence-corrected chi connectivity index (χ4v) is 3.56. The molecule has 1 fully saturated rings. The molecule has 7 nitrogen and oxygen atoms in total. The van der Waals surface area contributed by atoms with Crippen LogP contribution in [0.1, 0.15) is 31.7 Å². The van der Waals surface area contributed by atoms with Gasteiger partial charge in [-0.25, -0.2) is 0 Å². The van der Waals surface area contributed by atoms with Crippen LogP contribution in [0, 0.1) is 0 Å². The molecular weight excluding hydrogens is 368 g/mol. The van der Waals surface area contributed by atoms with Gasteiger partial charge in [-0.05, 0) is 31.1 Å². The molecule has 0 spiro atoms. The number of morpholine rings is 1. The van der Waals surface area contributed by atoms with Crippen molar-refractivity contribution in [3.63, 3.8) is 0 Å². The Hall–Kier alpha value is -2.64. The maximum atomic E-state index is 12.8. The quantitative estimate of drug-likeness (QED) is 0.547. The second kappa shape index (κ2) is 9.24. The summed E-state index contributed by atoms with van der Waals surface area (Å²) in [6.07, 6.45) is 4.24. The van der Waals surface area contributed by atoms with Crippen molar-refractivity contribution in [2.24, 2.45) is 5.73 Å². The Morgan fingerprint density at radius 1 is 1.34 bits per heavy atom. The molecule has 1 aromatic rings. The molecule has 2 heterocycles. The molecule has 3 unspecified atom stereocenters. The van der Waals surface area contributed by atoms with E-state index in [4.69, 9.17) is 10.5 Å². The van der Waals surface area contributed by atoms with Crippen molar-refractivity contribution in [3.8, 4) is 0 Å². The van der Waals surface area contributed by atoms with Crippen molar-refractivity contribution in [2.75, 3.05) is 26.2 Å². The first-order valence-electron chi connectivity index (χ1n) is 10.1. The second-order valence-corrected chi connectivity index (χ2v) is 7.76. The summed E-state index contributed by atoms with van der Waals surface area (Å²) in [7, 11) is 0. The van der Waals surface area contributed by atoms with Crippen LogP contribution in [0.5, 0.6) is 0 Å². The van der Waals surface area contributed by atoms with Crippen LogP contribution >= 0.6 is 0 Å². The van der Waals surface area contributed by atoms with Crippen LogP contribution in [0.2, 0.25) is 0 Å². The number of carbonyl (C=O) groups excluding carboxylic acids is 2. The molecule has 2 aliphatic heterocycles. The third kappa shape index (κ3) is 5.25. The van der Waals surface area contributed by atoms with E-state index in [0.717, 1.165) is 30.8 Å². The van der Waals surface area contributed by atoms with Gasteiger partial charge in [0.15, 0.2) is 0 Å². The van der Waals surface area contributed by atoms with E-state index in [-0.39, 0.29) is 17.9 Å². The number of amides is 2. The van der Waals surface area contributed by atoms with E-state index in [2.05, 4.69) is 16.0 Å². The van der Waals surface area contributed by atoms with Gasteiger partial charge >= 0.3 is 0 Å². The van der Waals surface area contributed by atoms with Gasteiger partial charge in [-0.2, -0.15) is 0 Å². The standard InChI is InChI=1S/C22H30N4O3/c1-15(16-6-4-3-5-7-16)19-12-17(13-22(2,26-19)21(23)28)20(27)25-9-8-18-14-24-10-11-29-18/h3-7,12-13,15,18,24,26H,8-11,14H2,1-2H3,(H2,23,28)(H,25,27). The highest BCUT2D eigenvalue weighted by Gasteiger charge is 2.35. The highest BCUT2D eigenvalue weighted by atomic mass is 16.5. The highest BCUT2D eigenvalue weighted by molar-refractivity contribution is 5.99. The van der Waals surface area contributed by atoms with E-state index in [0.29, 0.717) is 18.7 Å². The molecule has 1 aromatic carbocycles. The summed E-state index contributed by atoms with van der Waals surface area (Å²) in [5.41, 5.74) is 6.81. The minimum absolute atomic E-state index is 0.0203. The molecule has 3 rings (SSSR count). The van der Waals surface area contributed by atoms with Crippen molar-refractivity contribution in [1.29, 1.82) is 0 Å². The van der Waals surface area contributed by atoms with Crippen LogP contribution < -0.4 is 21.7 Å². The van der Waals surface area contributed by atoms with E-state index >= 15 is 0 Å². The zero-order chi connectivity index (χ0) is 20.9. The average molecular weight is 399 g/mol. The number of hydrogen-bond acceptors (Lipinski definition) is 5. The van der Waals surface area contributed by atoms with E-state index in [1.54, 1.807) is 19.1 Å². The number of allylic oxidation sites excluding steroid dienone is 1. The number of benzene rings is 1. The Morgan fingerprint density at radius 3 is 2.76 bits per heavy atom. The maximum Gasteiger partial charge on any atom is 0.251 e. The van der Waals surface area contributed by atoms with Crippen molar-refractivity contribution in [3.05, 3.63) is 59.3 Å². The predicted octanol–water partition coefficient (Wildman–Crippen LogP) is 0.942. The molecule has 0 aromatic heterocycles. The molecular formula is C22H30N4O3. The topological polar surface area (TPSA) is 105 Å². The lowest BCUT2D eigenvalue weighted by atomic mass is 9.87. The van der Waals surface area contributed by atoms with Crippen LogP contribution in [0.25, 0.3) is 0 Å². The number of carbonyl (C=O) groups is 2. The van der Waals surface area contributed by atoms with E-state index < -0.39 is 11.4 Å². The van der Waals surface area contributed by atoms with Gasteiger partial charge in [0.05, 0.1) is 12.7 Å². The Morgan fingerprint density at radius 2 is 2.10 bits per heavy atom.